The number of esters is 1. The van der Waals surface area contributed by atoms with Gasteiger partial charge in [-0.15, -0.1) is 11.3 Å². The van der Waals surface area contributed by atoms with Crippen molar-refractivity contribution in [1.82, 2.24) is 14.7 Å². The zero-order valence-corrected chi connectivity index (χ0v) is 16.4. The average molecular weight is 380 g/mol. The molecule has 1 aromatic heterocycles. The highest BCUT2D eigenvalue weighted by Gasteiger charge is 2.29. The van der Waals surface area contributed by atoms with Crippen molar-refractivity contribution in [1.29, 1.82) is 0 Å². The molecule has 0 N–H and O–H groups in total. The number of ether oxygens (including phenoxy) is 1. The van der Waals surface area contributed by atoms with Crippen molar-refractivity contribution in [2.75, 3.05) is 52.4 Å². The molecule has 26 heavy (non-hydrogen) atoms. The lowest BCUT2D eigenvalue weighted by atomic mass is 9.97. The average Bonchev–Trinajstić information content (AvgIpc) is 3.17. The van der Waals surface area contributed by atoms with Gasteiger partial charge in [-0.3, -0.25) is 19.4 Å². The number of piperidine rings is 1. The third-order valence-corrected chi connectivity index (χ3v) is 6.11. The lowest BCUT2D eigenvalue weighted by molar-refractivity contribution is -0.151. The molecule has 0 atom stereocenters. The highest BCUT2D eigenvalue weighted by atomic mass is 32.1. The number of carbonyl (C=O) groups is 2. The highest BCUT2D eigenvalue weighted by molar-refractivity contribution is 7.09. The van der Waals surface area contributed by atoms with Crippen LogP contribution in [0.3, 0.4) is 0 Å². The summed E-state index contributed by atoms with van der Waals surface area (Å²) in [6.07, 6.45) is 1.44. The second-order valence-electron chi connectivity index (χ2n) is 7.04. The maximum atomic E-state index is 12.6. The van der Waals surface area contributed by atoms with E-state index in [0.717, 1.165) is 45.6 Å². The van der Waals surface area contributed by atoms with Gasteiger partial charge < -0.3 is 9.64 Å². The molecule has 0 bridgehead atoms. The number of likely N-dealkylation sites (tertiary alicyclic amines) is 1. The Labute approximate surface area is 159 Å². The standard InChI is InChI=1S/C19H29N3O3S/c1-2-25-19(24)16-5-7-22(8-6-16)18(23)15-21-11-9-20(10-12-21)14-17-4-3-13-26-17/h3-4,13,16H,2,5-12,14-15H2,1H3. The predicted molar refractivity (Wildman–Crippen MR) is 102 cm³/mol. The minimum absolute atomic E-state index is 0.0419. The Kier molecular flexibility index (Phi) is 7.05. The summed E-state index contributed by atoms with van der Waals surface area (Å²) in [5, 5.41) is 2.12. The number of piperazine rings is 1. The second-order valence-corrected chi connectivity index (χ2v) is 8.07. The molecule has 0 unspecified atom stereocenters. The Morgan fingerprint density at radius 3 is 2.42 bits per heavy atom. The van der Waals surface area contributed by atoms with Crippen molar-refractivity contribution in [2.45, 2.75) is 26.3 Å². The van der Waals surface area contributed by atoms with Gasteiger partial charge in [-0.1, -0.05) is 6.07 Å². The molecule has 2 aliphatic heterocycles. The van der Waals surface area contributed by atoms with E-state index in [1.165, 1.54) is 4.88 Å². The normalized spacial score (nSPS) is 20.3. The van der Waals surface area contributed by atoms with Crippen molar-refractivity contribution in [3.05, 3.63) is 22.4 Å². The van der Waals surface area contributed by atoms with Crippen molar-refractivity contribution < 1.29 is 14.3 Å². The van der Waals surface area contributed by atoms with Gasteiger partial charge in [0.15, 0.2) is 0 Å². The first-order chi connectivity index (χ1) is 12.7. The number of amides is 1. The van der Waals surface area contributed by atoms with E-state index >= 15 is 0 Å². The minimum Gasteiger partial charge on any atom is -0.466 e. The van der Waals surface area contributed by atoms with Crippen LogP contribution in [-0.2, 0) is 20.9 Å². The first-order valence-electron chi connectivity index (χ1n) is 9.57. The van der Waals surface area contributed by atoms with Crippen molar-refractivity contribution in [3.63, 3.8) is 0 Å². The van der Waals surface area contributed by atoms with Gasteiger partial charge in [0.1, 0.15) is 0 Å². The quantitative estimate of drug-likeness (QED) is 0.704. The number of nitrogens with zero attached hydrogens (tertiary/aromatic N) is 3. The number of thiophene rings is 1. The molecule has 3 heterocycles. The maximum absolute atomic E-state index is 12.6. The zero-order valence-electron chi connectivity index (χ0n) is 15.6. The van der Waals surface area contributed by atoms with Gasteiger partial charge in [0, 0.05) is 50.7 Å². The molecule has 1 amide bonds. The summed E-state index contributed by atoms with van der Waals surface area (Å²) in [7, 11) is 0. The highest BCUT2D eigenvalue weighted by Crippen LogP contribution is 2.19. The first-order valence-corrected chi connectivity index (χ1v) is 10.4. The third-order valence-electron chi connectivity index (χ3n) is 5.25. The molecule has 7 heteroatoms. The van der Waals surface area contributed by atoms with Crippen LogP contribution in [0.4, 0.5) is 0 Å². The largest absolute Gasteiger partial charge is 0.466 e. The van der Waals surface area contributed by atoms with Crippen LogP contribution in [0.1, 0.15) is 24.6 Å². The van der Waals surface area contributed by atoms with Crippen LogP contribution < -0.4 is 0 Å². The molecule has 0 aromatic carbocycles. The molecule has 1 aromatic rings. The van der Waals surface area contributed by atoms with Gasteiger partial charge in [-0.05, 0) is 31.2 Å². The first kappa shape index (κ1) is 19.3. The molecule has 0 saturated carbocycles. The summed E-state index contributed by atoms with van der Waals surface area (Å²) >= 11 is 1.80. The van der Waals surface area contributed by atoms with Crippen molar-refractivity contribution >= 4 is 23.2 Å². The van der Waals surface area contributed by atoms with Gasteiger partial charge in [0.2, 0.25) is 5.91 Å². The molecule has 3 rings (SSSR count). The van der Waals surface area contributed by atoms with Gasteiger partial charge in [-0.2, -0.15) is 0 Å². The van der Waals surface area contributed by atoms with Crippen LogP contribution >= 0.6 is 11.3 Å². The van der Waals surface area contributed by atoms with Gasteiger partial charge in [0.05, 0.1) is 19.1 Å². The lowest BCUT2D eigenvalue weighted by Crippen LogP contribution is -2.51. The molecule has 0 aliphatic carbocycles. The molecule has 2 fully saturated rings. The lowest BCUT2D eigenvalue weighted by Gasteiger charge is -2.36. The molecule has 2 saturated heterocycles. The molecular weight excluding hydrogens is 350 g/mol. The van der Waals surface area contributed by atoms with E-state index in [4.69, 9.17) is 4.74 Å². The van der Waals surface area contributed by atoms with Crippen LogP contribution in [-0.4, -0.2) is 79.0 Å². The van der Waals surface area contributed by atoms with Crippen LogP contribution in [0.5, 0.6) is 0 Å². The molecular formula is C19H29N3O3S. The summed E-state index contributed by atoms with van der Waals surface area (Å²) in [6, 6.07) is 4.28. The molecule has 0 spiro atoms. The SMILES string of the molecule is CCOC(=O)C1CCN(C(=O)CN2CCN(Cc3cccs3)CC2)CC1. The fourth-order valence-electron chi connectivity index (χ4n) is 3.64. The fraction of sp³-hybridized carbons (Fsp3) is 0.684. The number of rotatable bonds is 6. The Hall–Kier alpha value is -1.44. The van der Waals surface area contributed by atoms with Crippen molar-refractivity contribution in [3.8, 4) is 0 Å². The fourth-order valence-corrected chi connectivity index (χ4v) is 4.39. The monoisotopic (exact) mass is 379 g/mol. The van der Waals surface area contributed by atoms with E-state index in [9.17, 15) is 9.59 Å². The van der Waals surface area contributed by atoms with E-state index in [1.807, 2.05) is 11.8 Å². The third kappa shape index (κ3) is 5.28. The van der Waals surface area contributed by atoms with E-state index in [-0.39, 0.29) is 17.8 Å². The molecule has 144 valence electrons. The molecule has 0 radical (unpaired) electrons. The Balaban J connectivity index is 1.36. The second kappa shape index (κ2) is 9.48. The summed E-state index contributed by atoms with van der Waals surface area (Å²) in [5.41, 5.74) is 0. The summed E-state index contributed by atoms with van der Waals surface area (Å²) in [4.78, 5) is 32.4. The van der Waals surface area contributed by atoms with E-state index in [2.05, 4.69) is 27.3 Å². The molecule has 2 aliphatic rings. The van der Waals surface area contributed by atoms with Gasteiger partial charge >= 0.3 is 5.97 Å². The van der Waals surface area contributed by atoms with Crippen molar-refractivity contribution in [2.24, 2.45) is 5.92 Å². The van der Waals surface area contributed by atoms with Crippen LogP contribution in [0.25, 0.3) is 0 Å². The number of hydrogen-bond acceptors (Lipinski definition) is 6. The van der Waals surface area contributed by atoms with E-state index in [0.29, 0.717) is 26.2 Å². The van der Waals surface area contributed by atoms with Gasteiger partial charge in [0.25, 0.3) is 0 Å². The molecule has 6 nitrogen and oxygen atoms in total. The predicted octanol–water partition coefficient (Wildman–Crippen LogP) is 1.67. The van der Waals surface area contributed by atoms with E-state index in [1.54, 1.807) is 11.3 Å². The summed E-state index contributed by atoms with van der Waals surface area (Å²) in [5.74, 6) is 0.0419. The minimum atomic E-state index is -0.110. The Morgan fingerprint density at radius 2 is 1.81 bits per heavy atom. The van der Waals surface area contributed by atoms with Crippen LogP contribution in [0.15, 0.2) is 17.5 Å². The van der Waals surface area contributed by atoms with E-state index < -0.39 is 0 Å². The number of hydrogen-bond donors (Lipinski definition) is 0. The van der Waals surface area contributed by atoms with Crippen LogP contribution in [0, 0.1) is 5.92 Å². The maximum Gasteiger partial charge on any atom is 0.309 e. The Bertz CT molecular complexity index is 577. The topological polar surface area (TPSA) is 53.1 Å². The smallest absolute Gasteiger partial charge is 0.309 e. The van der Waals surface area contributed by atoms with Gasteiger partial charge in [-0.25, -0.2) is 0 Å². The summed E-state index contributed by atoms with van der Waals surface area (Å²) in [6.45, 7) is 9.01. The van der Waals surface area contributed by atoms with Crippen LogP contribution in [0.2, 0.25) is 0 Å². The summed E-state index contributed by atoms with van der Waals surface area (Å²) < 4.78 is 5.09. The number of carbonyl (C=O) groups excluding carboxylic acids is 2. The zero-order chi connectivity index (χ0) is 18.4. The Morgan fingerprint density at radius 1 is 1.12 bits per heavy atom.